The van der Waals surface area contributed by atoms with E-state index in [1.54, 1.807) is 16.7 Å². The van der Waals surface area contributed by atoms with Crippen LogP contribution < -0.4 is 10.2 Å². The van der Waals surface area contributed by atoms with E-state index in [4.69, 9.17) is 0 Å². The number of para-hydroxylation sites is 1. The number of nitrogens with one attached hydrogen (secondary N) is 1. The number of nitrogens with zero attached hydrogens (tertiary/aromatic N) is 1. The van der Waals surface area contributed by atoms with Crippen molar-refractivity contribution in [2.45, 2.75) is 37.6 Å². The van der Waals surface area contributed by atoms with Crippen molar-refractivity contribution in [2.24, 2.45) is 5.92 Å². The van der Waals surface area contributed by atoms with Gasteiger partial charge in [-0.2, -0.15) is 0 Å². The highest BCUT2D eigenvalue weighted by molar-refractivity contribution is 8.00. The van der Waals surface area contributed by atoms with Crippen molar-refractivity contribution in [3.8, 4) is 0 Å². The van der Waals surface area contributed by atoms with Gasteiger partial charge in [-0.3, -0.25) is 9.59 Å². The Morgan fingerprint density at radius 2 is 1.81 bits per heavy atom. The summed E-state index contributed by atoms with van der Waals surface area (Å²) in [6.45, 7) is 4.72. The van der Waals surface area contributed by atoms with Crippen LogP contribution in [0.4, 0.5) is 5.69 Å². The number of fused-ring (bicyclic) bond motifs is 1. The molecule has 2 amide bonds. The minimum absolute atomic E-state index is 0.00130. The third-order valence-corrected chi connectivity index (χ3v) is 5.66. The first-order valence-corrected chi connectivity index (χ1v) is 10.4. The smallest absolute Gasteiger partial charge is 0.237 e. The molecular weight excluding hydrogens is 356 g/mol. The molecule has 0 fully saturated rings. The Balaban J connectivity index is 1.64. The summed E-state index contributed by atoms with van der Waals surface area (Å²) in [4.78, 5) is 27.8. The molecule has 27 heavy (non-hydrogen) atoms. The quantitative estimate of drug-likeness (QED) is 0.771. The summed E-state index contributed by atoms with van der Waals surface area (Å²) >= 11 is 1.56. The molecule has 0 bridgehead atoms. The van der Waals surface area contributed by atoms with E-state index in [0.29, 0.717) is 24.6 Å². The van der Waals surface area contributed by atoms with E-state index in [1.807, 2.05) is 42.5 Å². The summed E-state index contributed by atoms with van der Waals surface area (Å²) in [5, 5.41) is 3.16. The molecule has 0 radical (unpaired) electrons. The summed E-state index contributed by atoms with van der Waals surface area (Å²) in [5.41, 5.74) is 2.03. The first kappa shape index (κ1) is 19.5. The van der Waals surface area contributed by atoms with Crippen molar-refractivity contribution in [3.05, 3.63) is 60.2 Å². The second kappa shape index (κ2) is 9.09. The zero-order chi connectivity index (χ0) is 19.2. The van der Waals surface area contributed by atoms with E-state index in [0.717, 1.165) is 22.6 Å². The monoisotopic (exact) mass is 382 g/mol. The third kappa shape index (κ3) is 5.13. The highest BCUT2D eigenvalue weighted by atomic mass is 32.2. The fourth-order valence-electron chi connectivity index (χ4n) is 3.31. The Morgan fingerprint density at radius 1 is 1.11 bits per heavy atom. The highest BCUT2D eigenvalue weighted by Gasteiger charge is 2.25. The van der Waals surface area contributed by atoms with Crippen molar-refractivity contribution in [1.29, 1.82) is 0 Å². The maximum absolute atomic E-state index is 12.6. The SMILES string of the molecule is CC(C)CC(NC(=O)CCN1C(=O)CSc2ccccc21)c1ccccc1. The number of thioether (sulfide) groups is 1. The van der Waals surface area contributed by atoms with Crippen molar-refractivity contribution in [3.63, 3.8) is 0 Å². The molecule has 3 rings (SSSR count). The largest absolute Gasteiger partial charge is 0.349 e. The van der Waals surface area contributed by atoms with Crippen LogP contribution in [0.25, 0.3) is 0 Å². The first-order chi connectivity index (χ1) is 13.0. The highest BCUT2D eigenvalue weighted by Crippen LogP contribution is 2.34. The molecule has 2 aromatic carbocycles. The number of rotatable bonds is 7. The zero-order valence-electron chi connectivity index (χ0n) is 15.9. The number of anilines is 1. The first-order valence-electron chi connectivity index (χ1n) is 9.41. The number of hydrogen-bond donors (Lipinski definition) is 1. The second-order valence-electron chi connectivity index (χ2n) is 7.21. The molecule has 1 heterocycles. The van der Waals surface area contributed by atoms with Crippen molar-refractivity contribution in [2.75, 3.05) is 17.2 Å². The predicted octanol–water partition coefficient (Wildman–Crippen LogP) is 4.42. The van der Waals surface area contributed by atoms with Crippen LogP contribution >= 0.6 is 11.8 Å². The van der Waals surface area contributed by atoms with E-state index in [9.17, 15) is 9.59 Å². The molecule has 0 saturated carbocycles. The molecule has 1 N–H and O–H groups in total. The van der Waals surface area contributed by atoms with Gasteiger partial charge in [-0.05, 0) is 30.0 Å². The molecule has 142 valence electrons. The second-order valence-corrected chi connectivity index (χ2v) is 8.23. The maximum Gasteiger partial charge on any atom is 0.237 e. The molecule has 4 nitrogen and oxygen atoms in total. The number of benzene rings is 2. The van der Waals surface area contributed by atoms with Crippen LogP contribution in [0, 0.1) is 5.92 Å². The van der Waals surface area contributed by atoms with Crippen LogP contribution in [0.2, 0.25) is 0 Å². The molecular formula is C22H26N2O2S. The van der Waals surface area contributed by atoms with Gasteiger partial charge in [-0.1, -0.05) is 56.3 Å². The van der Waals surface area contributed by atoms with Crippen LogP contribution in [-0.4, -0.2) is 24.1 Å². The fraction of sp³-hybridized carbons (Fsp3) is 0.364. The molecule has 1 aliphatic rings. The van der Waals surface area contributed by atoms with Gasteiger partial charge in [0.15, 0.2) is 0 Å². The van der Waals surface area contributed by atoms with Crippen molar-refractivity contribution < 1.29 is 9.59 Å². The van der Waals surface area contributed by atoms with Crippen LogP contribution in [-0.2, 0) is 9.59 Å². The van der Waals surface area contributed by atoms with Crippen LogP contribution in [0.15, 0.2) is 59.5 Å². The summed E-state index contributed by atoms with van der Waals surface area (Å²) < 4.78 is 0. The predicted molar refractivity (Wildman–Crippen MR) is 111 cm³/mol. The molecule has 0 spiro atoms. The maximum atomic E-state index is 12.6. The molecule has 1 unspecified atom stereocenters. The van der Waals surface area contributed by atoms with Gasteiger partial charge in [0, 0.05) is 17.9 Å². The Hall–Kier alpha value is -2.27. The number of amides is 2. The molecule has 5 heteroatoms. The van der Waals surface area contributed by atoms with E-state index in [1.165, 1.54) is 0 Å². The fourth-order valence-corrected chi connectivity index (χ4v) is 4.25. The van der Waals surface area contributed by atoms with E-state index < -0.39 is 0 Å². The summed E-state index contributed by atoms with van der Waals surface area (Å²) in [6.07, 6.45) is 1.18. The molecule has 0 aromatic heterocycles. The molecule has 0 saturated heterocycles. The van der Waals surface area contributed by atoms with Gasteiger partial charge < -0.3 is 10.2 Å². The van der Waals surface area contributed by atoms with Gasteiger partial charge in [0.1, 0.15) is 0 Å². The number of carbonyl (C=O) groups is 2. The zero-order valence-corrected chi connectivity index (χ0v) is 16.7. The number of carbonyl (C=O) groups excluding carboxylic acids is 2. The van der Waals surface area contributed by atoms with Crippen LogP contribution in [0.3, 0.4) is 0 Å². The van der Waals surface area contributed by atoms with E-state index >= 15 is 0 Å². The summed E-state index contributed by atoms with van der Waals surface area (Å²) in [7, 11) is 0. The van der Waals surface area contributed by atoms with Crippen molar-refractivity contribution >= 4 is 29.3 Å². The van der Waals surface area contributed by atoms with Crippen LogP contribution in [0.1, 0.15) is 38.3 Å². The summed E-state index contributed by atoms with van der Waals surface area (Å²) in [6, 6.07) is 17.9. The van der Waals surface area contributed by atoms with E-state index in [2.05, 4.69) is 31.3 Å². The number of hydrogen-bond acceptors (Lipinski definition) is 3. The lowest BCUT2D eigenvalue weighted by Crippen LogP contribution is -2.39. The normalized spacial score (nSPS) is 14.8. The molecule has 2 aromatic rings. The van der Waals surface area contributed by atoms with Gasteiger partial charge in [0.25, 0.3) is 0 Å². The lowest BCUT2D eigenvalue weighted by atomic mass is 9.97. The standard InChI is InChI=1S/C22H26N2O2S/c1-16(2)14-18(17-8-4-3-5-9-17)23-21(25)12-13-24-19-10-6-7-11-20(19)27-15-22(24)26/h3-11,16,18H,12-15H2,1-2H3,(H,23,25). The molecule has 0 aliphatic carbocycles. The topological polar surface area (TPSA) is 49.4 Å². The summed E-state index contributed by atoms with van der Waals surface area (Å²) in [5.74, 6) is 0.947. The molecule has 1 atom stereocenters. The van der Waals surface area contributed by atoms with E-state index in [-0.39, 0.29) is 17.9 Å². The Morgan fingerprint density at radius 3 is 2.56 bits per heavy atom. The Bertz CT molecular complexity index is 792. The van der Waals surface area contributed by atoms with Crippen molar-refractivity contribution in [1.82, 2.24) is 5.32 Å². The van der Waals surface area contributed by atoms with Gasteiger partial charge in [0.2, 0.25) is 11.8 Å². The van der Waals surface area contributed by atoms with Gasteiger partial charge in [0.05, 0.1) is 17.5 Å². The third-order valence-electron chi connectivity index (χ3n) is 4.61. The minimum Gasteiger partial charge on any atom is -0.349 e. The lowest BCUT2D eigenvalue weighted by molar-refractivity contribution is -0.121. The van der Waals surface area contributed by atoms with Crippen LogP contribution in [0.5, 0.6) is 0 Å². The average molecular weight is 383 g/mol. The lowest BCUT2D eigenvalue weighted by Gasteiger charge is -2.29. The molecule has 1 aliphatic heterocycles. The average Bonchev–Trinajstić information content (AvgIpc) is 2.67. The van der Waals surface area contributed by atoms with Gasteiger partial charge in [-0.15, -0.1) is 11.8 Å². The van der Waals surface area contributed by atoms with Gasteiger partial charge in [-0.25, -0.2) is 0 Å². The van der Waals surface area contributed by atoms with Gasteiger partial charge >= 0.3 is 0 Å². The Labute approximate surface area is 165 Å². The minimum atomic E-state index is -0.0204. The Kier molecular flexibility index (Phi) is 6.56.